The van der Waals surface area contributed by atoms with Crippen molar-refractivity contribution >= 4 is 11.8 Å². The molecule has 1 aliphatic heterocycles. The Kier molecular flexibility index (Phi) is 5.36. The number of benzene rings is 1. The summed E-state index contributed by atoms with van der Waals surface area (Å²) in [7, 11) is 0. The third-order valence-corrected chi connectivity index (χ3v) is 4.03. The average Bonchev–Trinajstić information content (AvgIpc) is 2.41. The summed E-state index contributed by atoms with van der Waals surface area (Å²) in [5.41, 5.74) is 1.45. The topological polar surface area (TPSA) is 15.3 Å². The molecule has 1 unspecified atom stereocenters. The maximum Gasteiger partial charge on any atom is 0.0473 e. The van der Waals surface area contributed by atoms with Gasteiger partial charge in [-0.1, -0.05) is 30.3 Å². The highest BCUT2D eigenvalue weighted by molar-refractivity contribution is 7.98. The third-order valence-electron chi connectivity index (χ3n) is 3.33. The van der Waals surface area contributed by atoms with Gasteiger partial charge in [0.1, 0.15) is 0 Å². The van der Waals surface area contributed by atoms with Crippen molar-refractivity contribution in [1.29, 1.82) is 0 Å². The highest BCUT2D eigenvalue weighted by Crippen LogP contribution is 2.22. The fourth-order valence-electron chi connectivity index (χ4n) is 2.43. The summed E-state index contributed by atoms with van der Waals surface area (Å²) in [6, 6.07) is 11.4. The molecule has 3 heteroatoms. The van der Waals surface area contributed by atoms with Crippen molar-refractivity contribution < 1.29 is 0 Å². The van der Waals surface area contributed by atoms with E-state index in [-0.39, 0.29) is 0 Å². The lowest BCUT2D eigenvalue weighted by atomic mass is 10.0. The first-order valence-corrected chi connectivity index (χ1v) is 7.80. The number of nitrogens with one attached hydrogen (secondary N) is 1. The van der Waals surface area contributed by atoms with Gasteiger partial charge in [-0.25, -0.2) is 0 Å². The predicted molar refractivity (Wildman–Crippen MR) is 76.6 cm³/mol. The van der Waals surface area contributed by atoms with E-state index in [1.807, 2.05) is 11.8 Å². The number of hydrogen-bond acceptors (Lipinski definition) is 3. The Hall–Kier alpha value is -0.510. The van der Waals surface area contributed by atoms with Crippen LogP contribution in [0.25, 0.3) is 0 Å². The van der Waals surface area contributed by atoms with Crippen molar-refractivity contribution in [3.8, 4) is 0 Å². The molecule has 1 fully saturated rings. The molecule has 17 heavy (non-hydrogen) atoms. The summed E-state index contributed by atoms with van der Waals surface area (Å²) in [6.45, 7) is 4.61. The molecule has 1 N–H and O–H groups in total. The van der Waals surface area contributed by atoms with Crippen LogP contribution in [0.15, 0.2) is 30.3 Å². The molecule has 1 atom stereocenters. The van der Waals surface area contributed by atoms with Gasteiger partial charge in [0.25, 0.3) is 0 Å². The minimum atomic E-state index is 0.562. The van der Waals surface area contributed by atoms with Gasteiger partial charge in [0.15, 0.2) is 0 Å². The zero-order valence-corrected chi connectivity index (χ0v) is 11.4. The zero-order valence-electron chi connectivity index (χ0n) is 10.6. The summed E-state index contributed by atoms with van der Waals surface area (Å²) in [5.74, 6) is 1.27. The quantitative estimate of drug-likeness (QED) is 0.808. The van der Waals surface area contributed by atoms with Gasteiger partial charge in [-0.15, -0.1) is 0 Å². The molecule has 0 spiro atoms. The number of nitrogens with zero attached hydrogens (tertiary/aromatic N) is 1. The molecule has 0 bridgehead atoms. The van der Waals surface area contributed by atoms with E-state index in [0.717, 1.165) is 13.1 Å². The SMILES string of the molecule is CSCCCN1CCNCC1c1ccccc1. The van der Waals surface area contributed by atoms with Gasteiger partial charge in [0, 0.05) is 25.7 Å². The molecule has 1 heterocycles. The first kappa shape index (κ1) is 12.9. The Balaban J connectivity index is 1.97. The standard InChI is InChI=1S/C14H22N2S/c1-17-11-5-9-16-10-8-15-12-14(16)13-6-3-2-4-7-13/h2-4,6-7,14-15H,5,8-12H2,1H3. The molecule has 0 aromatic heterocycles. The van der Waals surface area contributed by atoms with Gasteiger partial charge < -0.3 is 5.32 Å². The van der Waals surface area contributed by atoms with Gasteiger partial charge in [-0.2, -0.15) is 11.8 Å². The minimum Gasteiger partial charge on any atom is -0.314 e. The first-order chi connectivity index (χ1) is 8.42. The van der Waals surface area contributed by atoms with E-state index in [4.69, 9.17) is 0 Å². The van der Waals surface area contributed by atoms with Crippen LogP contribution in [0, 0.1) is 0 Å². The van der Waals surface area contributed by atoms with E-state index in [1.165, 1.54) is 30.8 Å². The summed E-state index contributed by atoms with van der Waals surface area (Å²) in [4.78, 5) is 2.63. The van der Waals surface area contributed by atoms with Crippen molar-refractivity contribution in [3.05, 3.63) is 35.9 Å². The van der Waals surface area contributed by atoms with Crippen LogP contribution in [0.4, 0.5) is 0 Å². The van der Waals surface area contributed by atoms with Crippen molar-refractivity contribution in [1.82, 2.24) is 10.2 Å². The van der Waals surface area contributed by atoms with Crippen LogP contribution < -0.4 is 5.32 Å². The summed E-state index contributed by atoms with van der Waals surface area (Å²) in [5, 5.41) is 3.51. The second-order valence-electron chi connectivity index (χ2n) is 4.51. The van der Waals surface area contributed by atoms with Crippen molar-refractivity contribution in [3.63, 3.8) is 0 Å². The number of thioether (sulfide) groups is 1. The van der Waals surface area contributed by atoms with Crippen LogP contribution in [-0.2, 0) is 0 Å². The molecular weight excluding hydrogens is 228 g/mol. The molecule has 0 saturated carbocycles. The largest absolute Gasteiger partial charge is 0.314 e. The molecule has 2 nitrogen and oxygen atoms in total. The van der Waals surface area contributed by atoms with E-state index >= 15 is 0 Å². The van der Waals surface area contributed by atoms with Gasteiger partial charge in [0.05, 0.1) is 0 Å². The van der Waals surface area contributed by atoms with Crippen molar-refractivity contribution in [2.45, 2.75) is 12.5 Å². The van der Waals surface area contributed by atoms with Crippen LogP contribution in [0.1, 0.15) is 18.0 Å². The van der Waals surface area contributed by atoms with Gasteiger partial charge in [0.2, 0.25) is 0 Å². The molecular formula is C14H22N2S. The Labute approximate surface area is 109 Å². The molecule has 0 amide bonds. The van der Waals surface area contributed by atoms with Crippen molar-refractivity contribution in [2.75, 3.05) is 38.2 Å². The lowest BCUT2D eigenvalue weighted by Crippen LogP contribution is -2.46. The van der Waals surface area contributed by atoms with Crippen LogP contribution in [0.5, 0.6) is 0 Å². The van der Waals surface area contributed by atoms with Crippen LogP contribution >= 0.6 is 11.8 Å². The van der Waals surface area contributed by atoms with Gasteiger partial charge in [-0.05, 0) is 30.5 Å². The van der Waals surface area contributed by atoms with Gasteiger partial charge >= 0.3 is 0 Å². The average molecular weight is 250 g/mol. The Morgan fingerprint density at radius 3 is 2.94 bits per heavy atom. The Morgan fingerprint density at radius 2 is 2.18 bits per heavy atom. The zero-order chi connectivity index (χ0) is 11.9. The molecule has 1 saturated heterocycles. The van der Waals surface area contributed by atoms with E-state index in [1.54, 1.807) is 0 Å². The number of rotatable bonds is 5. The fourth-order valence-corrected chi connectivity index (χ4v) is 2.85. The second-order valence-corrected chi connectivity index (χ2v) is 5.50. The minimum absolute atomic E-state index is 0.562. The Bertz CT molecular complexity index is 315. The first-order valence-electron chi connectivity index (χ1n) is 6.40. The van der Waals surface area contributed by atoms with E-state index in [0.29, 0.717) is 6.04 Å². The van der Waals surface area contributed by atoms with Crippen LogP contribution in [-0.4, -0.2) is 43.1 Å². The molecule has 0 aliphatic carbocycles. The molecule has 1 aliphatic rings. The second kappa shape index (κ2) is 7.04. The predicted octanol–water partition coefficient (Wildman–Crippen LogP) is 2.39. The van der Waals surface area contributed by atoms with E-state index < -0.39 is 0 Å². The van der Waals surface area contributed by atoms with Gasteiger partial charge in [-0.3, -0.25) is 4.90 Å². The number of piperazine rings is 1. The lowest BCUT2D eigenvalue weighted by molar-refractivity contribution is 0.163. The van der Waals surface area contributed by atoms with E-state index in [2.05, 4.69) is 46.8 Å². The third kappa shape index (κ3) is 3.73. The summed E-state index contributed by atoms with van der Waals surface area (Å²) < 4.78 is 0. The molecule has 94 valence electrons. The Morgan fingerprint density at radius 1 is 1.35 bits per heavy atom. The van der Waals surface area contributed by atoms with E-state index in [9.17, 15) is 0 Å². The van der Waals surface area contributed by atoms with Crippen LogP contribution in [0.3, 0.4) is 0 Å². The molecule has 1 aromatic rings. The number of hydrogen-bond donors (Lipinski definition) is 1. The molecule has 2 rings (SSSR count). The molecule has 1 aromatic carbocycles. The van der Waals surface area contributed by atoms with Crippen LogP contribution in [0.2, 0.25) is 0 Å². The monoisotopic (exact) mass is 250 g/mol. The molecule has 0 radical (unpaired) electrons. The lowest BCUT2D eigenvalue weighted by Gasteiger charge is -2.36. The fraction of sp³-hybridized carbons (Fsp3) is 0.571. The smallest absolute Gasteiger partial charge is 0.0473 e. The summed E-state index contributed by atoms with van der Waals surface area (Å²) in [6.07, 6.45) is 3.48. The highest BCUT2D eigenvalue weighted by Gasteiger charge is 2.22. The highest BCUT2D eigenvalue weighted by atomic mass is 32.2. The van der Waals surface area contributed by atoms with Crippen molar-refractivity contribution in [2.24, 2.45) is 0 Å². The maximum atomic E-state index is 3.51. The maximum absolute atomic E-state index is 3.51. The normalized spacial score (nSPS) is 21.6. The summed E-state index contributed by atoms with van der Waals surface area (Å²) >= 11 is 1.94.